The molecule has 17 heavy (non-hydrogen) atoms. The molecule has 92 valence electrons. The molecule has 0 atom stereocenters. The van der Waals surface area contributed by atoms with Crippen LogP contribution in [0, 0.1) is 0 Å². The van der Waals surface area contributed by atoms with Crippen LogP contribution in [0.2, 0.25) is 0 Å². The van der Waals surface area contributed by atoms with Crippen LogP contribution in [0.3, 0.4) is 0 Å². The minimum absolute atomic E-state index is 0.104. The van der Waals surface area contributed by atoms with E-state index < -0.39 is 6.17 Å². The van der Waals surface area contributed by atoms with E-state index in [2.05, 4.69) is 10.6 Å². The van der Waals surface area contributed by atoms with E-state index >= 15 is 0 Å². The lowest BCUT2D eigenvalue weighted by Gasteiger charge is -2.19. The monoisotopic (exact) mass is 458 g/mol. The van der Waals surface area contributed by atoms with Crippen molar-refractivity contribution in [3.05, 3.63) is 35.9 Å². The van der Waals surface area contributed by atoms with Gasteiger partial charge in [-0.05, 0) is 5.56 Å². The molecule has 0 aliphatic rings. The van der Waals surface area contributed by atoms with Crippen LogP contribution >= 0.6 is 45.2 Å². The molecule has 0 unspecified atom stereocenters. The Labute approximate surface area is 127 Å². The van der Waals surface area contributed by atoms with Crippen LogP contribution in [0.5, 0.6) is 0 Å². The van der Waals surface area contributed by atoms with Gasteiger partial charge in [0.2, 0.25) is 11.8 Å². The molecular formula is C11H12I2N2O2. The molecule has 6 heteroatoms. The molecule has 0 saturated carbocycles. The van der Waals surface area contributed by atoms with E-state index in [1.807, 2.05) is 75.5 Å². The van der Waals surface area contributed by atoms with Gasteiger partial charge in [0.05, 0.1) is 8.86 Å². The molecule has 0 radical (unpaired) electrons. The smallest absolute Gasteiger partial charge is 0.231 e. The fourth-order valence-electron chi connectivity index (χ4n) is 1.25. The summed E-state index contributed by atoms with van der Waals surface area (Å²) in [6.45, 7) is 0. The lowest BCUT2D eigenvalue weighted by molar-refractivity contribution is -0.121. The molecule has 0 aromatic heterocycles. The van der Waals surface area contributed by atoms with E-state index in [0.717, 1.165) is 5.56 Å². The SMILES string of the molecule is O=C(CI)NC(NC(=O)CI)c1ccccc1. The van der Waals surface area contributed by atoms with Gasteiger partial charge in [0.25, 0.3) is 0 Å². The van der Waals surface area contributed by atoms with Gasteiger partial charge in [0.1, 0.15) is 6.17 Å². The van der Waals surface area contributed by atoms with Gasteiger partial charge in [-0.2, -0.15) is 0 Å². The first kappa shape index (κ1) is 14.7. The summed E-state index contributed by atoms with van der Waals surface area (Å²) in [7, 11) is 0. The summed E-state index contributed by atoms with van der Waals surface area (Å²) < 4.78 is 0.725. The van der Waals surface area contributed by atoms with Gasteiger partial charge in [-0.15, -0.1) is 0 Å². The first-order chi connectivity index (χ1) is 8.17. The van der Waals surface area contributed by atoms with E-state index in [-0.39, 0.29) is 11.8 Å². The second kappa shape index (κ2) is 7.85. The number of halogens is 2. The van der Waals surface area contributed by atoms with Gasteiger partial charge >= 0.3 is 0 Å². The van der Waals surface area contributed by atoms with Crippen LogP contribution in [0.25, 0.3) is 0 Å². The van der Waals surface area contributed by atoms with Gasteiger partial charge in [0.15, 0.2) is 0 Å². The Morgan fingerprint density at radius 2 is 1.47 bits per heavy atom. The van der Waals surface area contributed by atoms with E-state index in [0.29, 0.717) is 8.86 Å². The van der Waals surface area contributed by atoms with E-state index in [9.17, 15) is 9.59 Å². The van der Waals surface area contributed by atoms with Gasteiger partial charge in [-0.25, -0.2) is 0 Å². The summed E-state index contributed by atoms with van der Waals surface area (Å²) >= 11 is 3.97. The Kier molecular flexibility index (Phi) is 6.78. The molecule has 0 aliphatic heterocycles. The molecule has 2 N–H and O–H groups in total. The van der Waals surface area contributed by atoms with E-state index in [1.54, 1.807) is 0 Å². The van der Waals surface area contributed by atoms with Crippen molar-refractivity contribution in [1.82, 2.24) is 10.6 Å². The Morgan fingerprint density at radius 3 is 1.88 bits per heavy atom. The first-order valence-corrected chi connectivity index (χ1v) is 7.98. The maximum atomic E-state index is 11.4. The standard InChI is InChI=1S/C11H12I2N2O2/c12-6-9(16)14-11(15-10(17)7-13)8-4-2-1-3-5-8/h1-5,11H,6-7H2,(H,14,16)(H,15,17). The predicted molar refractivity (Wildman–Crippen MR) is 83.2 cm³/mol. The molecule has 0 saturated heterocycles. The molecule has 0 fully saturated rings. The number of alkyl halides is 2. The second-order valence-corrected chi connectivity index (χ2v) is 4.77. The normalized spacial score (nSPS) is 10.1. The Hall–Kier alpha value is -0.380. The zero-order chi connectivity index (χ0) is 12.7. The second-order valence-electron chi connectivity index (χ2n) is 3.25. The number of carbonyl (C=O) groups is 2. The maximum absolute atomic E-state index is 11.4. The molecule has 0 aliphatic carbocycles. The van der Waals surface area contributed by atoms with Crippen molar-refractivity contribution in [2.45, 2.75) is 6.17 Å². The van der Waals surface area contributed by atoms with E-state index in [4.69, 9.17) is 0 Å². The third-order valence-corrected chi connectivity index (χ3v) is 3.37. The minimum atomic E-state index is -0.458. The van der Waals surface area contributed by atoms with Gasteiger partial charge in [-0.3, -0.25) is 9.59 Å². The average Bonchev–Trinajstić information content (AvgIpc) is 2.38. The Morgan fingerprint density at radius 1 is 1.00 bits per heavy atom. The maximum Gasteiger partial charge on any atom is 0.231 e. The fraction of sp³-hybridized carbons (Fsp3) is 0.273. The molecule has 1 aromatic carbocycles. The minimum Gasteiger partial charge on any atom is -0.331 e. The molecule has 0 heterocycles. The van der Waals surface area contributed by atoms with Gasteiger partial charge < -0.3 is 10.6 Å². The number of rotatable bonds is 5. The topological polar surface area (TPSA) is 58.2 Å². The van der Waals surface area contributed by atoms with Crippen molar-refractivity contribution >= 4 is 57.0 Å². The van der Waals surface area contributed by atoms with Crippen LogP contribution in [0.4, 0.5) is 0 Å². The van der Waals surface area contributed by atoms with Gasteiger partial charge in [0, 0.05) is 0 Å². The predicted octanol–water partition coefficient (Wildman–Crippen LogP) is 1.79. The zero-order valence-corrected chi connectivity index (χ0v) is 13.3. The molecule has 0 bridgehead atoms. The molecule has 4 nitrogen and oxygen atoms in total. The first-order valence-electron chi connectivity index (χ1n) is 4.93. The largest absolute Gasteiger partial charge is 0.331 e. The summed E-state index contributed by atoms with van der Waals surface area (Å²) in [6, 6.07) is 9.36. The van der Waals surface area contributed by atoms with Crippen molar-refractivity contribution in [1.29, 1.82) is 0 Å². The van der Waals surface area contributed by atoms with Crippen molar-refractivity contribution in [3.63, 3.8) is 0 Å². The lowest BCUT2D eigenvalue weighted by atomic mass is 10.1. The van der Waals surface area contributed by atoms with Crippen LogP contribution in [0.15, 0.2) is 30.3 Å². The summed E-state index contributed by atoms with van der Waals surface area (Å²) in [4.78, 5) is 22.8. The third-order valence-electron chi connectivity index (χ3n) is 1.99. The van der Waals surface area contributed by atoms with Crippen LogP contribution in [-0.4, -0.2) is 20.7 Å². The zero-order valence-electron chi connectivity index (χ0n) is 8.95. The number of nitrogens with one attached hydrogen (secondary N) is 2. The van der Waals surface area contributed by atoms with Crippen LogP contribution in [-0.2, 0) is 9.59 Å². The summed E-state index contributed by atoms with van der Waals surface area (Å²) in [5.74, 6) is -0.207. The number of hydrogen-bond acceptors (Lipinski definition) is 2. The van der Waals surface area contributed by atoms with Crippen molar-refractivity contribution in [2.75, 3.05) is 8.86 Å². The highest BCUT2D eigenvalue weighted by Crippen LogP contribution is 2.09. The van der Waals surface area contributed by atoms with Gasteiger partial charge in [-0.1, -0.05) is 75.5 Å². The summed E-state index contributed by atoms with van der Waals surface area (Å²) in [5, 5.41) is 5.53. The van der Waals surface area contributed by atoms with Crippen molar-refractivity contribution in [2.24, 2.45) is 0 Å². The van der Waals surface area contributed by atoms with Crippen LogP contribution in [0.1, 0.15) is 11.7 Å². The molecule has 1 rings (SSSR count). The number of hydrogen-bond donors (Lipinski definition) is 2. The highest BCUT2D eigenvalue weighted by atomic mass is 127. The average molecular weight is 458 g/mol. The molecule has 0 spiro atoms. The summed E-state index contributed by atoms with van der Waals surface area (Å²) in [5.41, 5.74) is 0.865. The number of amides is 2. The van der Waals surface area contributed by atoms with E-state index in [1.165, 1.54) is 0 Å². The molecular weight excluding hydrogens is 446 g/mol. The van der Waals surface area contributed by atoms with Crippen LogP contribution < -0.4 is 10.6 Å². The van der Waals surface area contributed by atoms with Crippen molar-refractivity contribution < 1.29 is 9.59 Å². The molecule has 1 aromatic rings. The van der Waals surface area contributed by atoms with Crippen molar-refractivity contribution in [3.8, 4) is 0 Å². The lowest BCUT2D eigenvalue weighted by Crippen LogP contribution is -2.41. The number of benzene rings is 1. The fourth-order valence-corrected chi connectivity index (χ4v) is 1.69. The Balaban J connectivity index is 2.79. The number of carbonyl (C=O) groups excluding carboxylic acids is 2. The Bertz CT molecular complexity index is 366. The third kappa shape index (κ3) is 5.19. The highest BCUT2D eigenvalue weighted by Gasteiger charge is 2.15. The molecule has 2 amide bonds. The highest BCUT2D eigenvalue weighted by molar-refractivity contribution is 14.1. The quantitative estimate of drug-likeness (QED) is 0.402. The summed E-state index contributed by atoms with van der Waals surface area (Å²) in [6.07, 6.45) is -0.458.